The van der Waals surface area contributed by atoms with E-state index in [0.717, 1.165) is 11.8 Å². The summed E-state index contributed by atoms with van der Waals surface area (Å²) in [5, 5.41) is 15.8. The van der Waals surface area contributed by atoms with Crippen LogP contribution >= 0.6 is 0 Å². The second-order valence-electron chi connectivity index (χ2n) is 8.16. The van der Waals surface area contributed by atoms with Gasteiger partial charge < -0.3 is 9.67 Å². The maximum absolute atomic E-state index is 14.8. The summed E-state index contributed by atoms with van der Waals surface area (Å²) in [4.78, 5) is 21.2. The van der Waals surface area contributed by atoms with Crippen LogP contribution in [0.3, 0.4) is 0 Å². The maximum atomic E-state index is 14.8. The van der Waals surface area contributed by atoms with Crippen LogP contribution in [0.5, 0.6) is 0 Å². The zero-order valence-corrected chi connectivity index (χ0v) is 18.6. The number of hydrogen-bond acceptors (Lipinski definition) is 5. The van der Waals surface area contributed by atoms with Gasteiger partial charge in [0.05, 0.1) is 24.6 Å². The van der Waals surface area contributed by atoms with E-state index in [1.807, 2.05) is 22.9 Å². The predicted molar refractivity (Wildman–Crippen MR) is 122 cm³/mol. The Kier molecular flexibility index (Phi) is 5.61. The third-order valence-electron chi connectivity index (χ3n) is 6.11. The number of aliphatic hydroxyl groups is 1. The Hall–Kier alpha value is -4.38. The summed E-state index contributed by atoms with van der Waals surface area (Å²) in [5.41, 5.74) is -1.07. The quantitative estimate of drug-likeness (QED) is 0.389. The lowest BCUT2D eigenvalue weighted by Crippen LogP contribution is -2.43. The van der Waals surface area contributed by atoms with Gasteiger partial charge >= 0.3 is 5.69 Å². The summed E-state index contributed by atoms with van der Waals surface area (Å²) in [6.45, 7) is 1.38. The summed E-state index contributed by atoms with van der Waals surface area (Å²) >= 11 is 0. The fraction of sp³-hybridized carbons (Fsp3) is 0.167. The number of imidazole rings is 2. The first-order valence-electron chi connectivity index (χ1n) is 10.8. The molecular weight excluding hydrogens is 456 g/mol. The molecule has 9 nitrogen and oxygen atoms in total. The molecule has 0 bridgehead atoms. The van der Waals surface area contributed by atoms with Crippen molar-refractivity contribution in [1.29, 1.82) is 0 Å². The van der Waals surface area contributed by atoms with Crippen LogP contribution < -0.4 is 5.69 Å². The first-order chi connectivity index (χ1) is 16.9. The highest BCUT2D eigenvalue weighted by Crippen LogP contribution is 2.36. The van der Waals surface area contributed by atoms with Crippen molar-refractivity contribution >= 4 is 0 Å². The molecule has 0 fully saturated rings. The number of halogens is 2. The lowest BCUT2D eigenvalue weighted by Gasteiger charge is -2.35. The molecule has 0 aliphatic heterocycles. The average Bonchev–Trinajstić information content (AvgIpc) is 3.61. The minimum Gasteiger partial charge on any atom is -0.381 e. The van der Waals surface area contributed by atoms with E-state index < -0.39 is 29.0 Å². The van der Waals surface area contributed by atoms with Gasteiger partial charge in [-0.05, 0) is 37.3 Å². The fourth-order valence-electron chi connectivity index (χ4n) is 4.15. The highest BCUT2D eigenvalue weighted by molar-refractivity contribution is 5.41. The van der Waals surface area contributed by atoms with Gasteiger partial charge in [-0.1, -0.05) is 6.07 Å². The Morgan fingerprint density at radius 1 is 1.00 bits per heavy atom. The molecule has 0 spiro atoms. The van der Waals surface area contributed by atoms with Crippen LogP contribution in [0.25, 0.3) is 11.4 Å². The third-order valence-corrected chi connectivity index (χ3v) is 6.11. The van der Waals surface area contributed by atoms with Crippen LogP contribution in [0.4, 0.5) is 8.78 Å². The molecule has 5 rings (SSSR count). The molecule has 0 saturated heterocycles. The van der Waals surface area contributed by atoms with Gasteiger partial charge in [-0.3, -0.25) is 9.13 Å². The summed E-state index contributed by atoms with van der Waals surface area (Å²) in [5.74, 6) is -1.70. The first-order valence-corrected chi connectivity index (χ1v) is 10.8. The van der Waals surface area contributed by atoms with Gasteiger partial charge in [0.1, 0.15) is 29.9 Å². The molecule has 178 valence electrons. The molecular formula is C24H21F2N7O2. The predicted octanol–water partition coefficient (Wildman–Crippen LogP) is 2.84. The minimum absolute atomic E-state index is 0.161. The lowest BCUT2D eigenvalue weighted by molar-refractivity contribution is -0.0342. The van der Waals surface area contributed by atoms with Crippen molar-refractivity contribution in [3.63, 3.8) is 0 Å². The molecule has 2 atom stereocenters. The van der Waals surface area contributed by atoms with Gasteiger partial charge in [-0.2, -0.15) is 5.10 Å². The highest BCUT2D eigenvalue weighted by Gasteiger charge is 2.41. The molecule has 2 aromatic carbocycles. The van der Waals surface area contributed by atoms with Gasteiger partial charge in [0.2, 0.25) is 0 Å². The van der Waals surface area contributed by atoms with E-state index in [0.29, 0.717) is 11.8 Å². The zero-order valence-electron chi connectivity index (χ0n) is 18.6. The lowest BCUT2D eigenvalue weighted by atomic mass is 9.86. The first kappa shape index (κ1) is 22.4. The third kappa shape index (κ3) is 4.06. The molecule has 11 heteroatoms. The molecule has 0 aliphatic carbocycles. The Morgan fingerprint density at radius 3 is 2.43 bits per heavy atom. The molecule has 1 N–H and O–H groups in total. The van der Waals surface area contributed by atoms with Crippen molar-refractivity contribution in [2.45, 2.75) is 25.1 Å². The van der Waals surface area contributed by atoms with Crippen LogP contribution in [-0.2, 0) is 12.1 Å². The number of rotatable bonds is 7. The van der Waals surface area contributed by atoms with Crippen LogP contribution in [0, 0.1) is 11.6 Å². The average molecular weight is 477 g/mol. The highest BCUT2D eigenvalue weighted by atomic mass is 19.1. The minimum atomic E-state index is -1.95. The SMILES string of the molecule is CC(n1ccn(-c2ccc(-n3ccnc3)cc2)c1=O)C(O)(Cn1cncn1)c1ccc(F)cc1F. The molecule has 35 heavy (non-hydrogen) atoms. The fourth-order valence-corrected chi connectivity index (χ4v) is 4.15. The standard InChI is InChI=1S/C24H21F2N7O2/c1-17(24(35,13-31-16-28-14-29-31)21-7-2-18(25)12-22(21)26)32-10-11-33(23(32)34)20-5-3-19(4-6-20)30-9-8-27-15-30/h2-12,14-17,35H,13H2,1H3. The van der Waals surface area contributed by atoms with Crippen molar-refractivity contribution in [2.24, 2.45) is 0 Å². The van der Waals surface area contributed by atoms with Crippen LogP contribution in [0.1, 0.15) is 18.5 Å². The Bertz CT molecular complexity index is 1490. The van der Waals surface area contributed by atoms with Crippen molar-refractivity contribution in [3.8, 4) is 11.4 Å². The van der Waals surface area contributed by atoms with E-state index in [1.165, 1.54) is 38.7 Å². The number of aromatic nitrogens is 7. The van der Waals surface area contributed by atoms with Crippen LogP contribution in [0.15, 0.2) is 91.0 Å². The molecule has 3 heterocycles. The van der Waals surface area contributed by atoms with Gasteiger partial charge in [-0.25, -0.2) is 28.2 Å². The van der Waals surface area contributed by atoms with E-state index in [2.05, 4.69) is 15.1 Å². The summed E-state index contributed by atoms with van der Waals surface area (Å²) in [6, 6.07) is 9.25. The van der Waals surface area contributed by atoms with E-state index in [4.69, 9.17) is 0 Å². The Labute approximate surface area is 198 Å². The van der Waals surface area contributed by atoms with E-state index in [-0.39, 0.29) is 12.1 Å². The van der Waals surface area contributed by atoms with Gasteiger partial charge in [-0.15, -0.1) is 0 Å². The van der Waals surface area contributed by atoms with Crippen molar-refractivity contribution in [1.82, 2.24) is 33.4 Å². The van der Waals surface area contributed by atoms with Crippen molar-refractivity contribution in [3.05, 3.63) is 114 Å². The monoisotopic (exact) mass is 477 g/mol. The number of nitrogens with zero attached hydrogens (tertiary/aromatic N) is 7. The summed E-state index contributed by atoms with van der Waals surface area (Å²) in [7, 11) is 0. The normalized spacial score (nSPS) is 14.1. The molecule has 0 aliphatic rings. The van der Waals surface area contributed by atoms with E-state index in [1.54, 1.807) is 37.8 Å². The van der Waals surface area contributed by atoms with Crippen LogP contribution in [-0.4, -0.2) is 38.6 Å². The van der Waals surface area contributed by atoms with Gasteiger partial charge in [0.25, 0.3) is 0 Å². The van der Waals surface area contributed by atoms with E-state index >= 15 is 0 Å². The second-order valence-corrected chi connectivity index (χ2v) is 8.16. The molecule has 3 aromatic heterocycles. The zero-order chi connectivity index (χ0) is 24.6. The maximum Gasteiger partial charge on any atom is 0.333 e. The largest absolute Gasteiger partial charge is 0.381 e. The Morgan fingerprint density at radius 2 is 1.77 bits per heavy atom. The number of benzene rings is 2. The smallest absolute Gasteiger partial charge is 0.333 e. The van der Waals surface area contributed by atoms with E-state index in [9.17, 15) is 18.7 Å². The van der Waals surface area contributed by atoms with Crippen molar-refractivity contribution in [2.75, 3.05) is 0 Å². The molecule has 0 radical (unpaired) electrons. The molecule has 5 aromatic rings. The topological polar surface area (TPSA) is 95.7 Å². The molecule has 0 amide bonds. The number of hydrogen-bond donors (Lipinski definition) is 1. The summed E-state index contributed by atoms with van der Waals surface area (Å²) in [6.07, 6.45) is 10.9. The van der Waals surface area contributed by atoms with Crippen molar-refractivity contribution < 1.29 is 13.9 Å². The Balaban J connectivity index is 1.53. The van der Waals surface area contributed by atoms with Crippen LogP contribution in [0.2, 0.25) is 0 Å². The molecule has 0 saturated carbocycles. The summed E-state index contributed by atoms with van der Waals surface area (Å²) < 4.78 is 34.3. The van der Waals surface area contributed by atoms with Gasteiger partial charge in [0.15, 0.2) is 0 Å². The molecule has 2 unspecified atom stereocenters. The van der Waals surface area contributed by atoms with Gasteiger partial charge in [0, 0.05) is 42.1 Å². The second kappa shape index (κ2) is 8.76.